The fourth-order valence-electron chi connectivity index (χ4n) is 2.09. The number of carbonyl (C=O) groups excluding carboxylic acids is 1. The van der Waals surface area contributed by atoms with Gasteiger partial charge in [0.1, 0.15) is 0 Å². The van der Waals surface area contributed by atoms with Crippen molar-refractivity contribution in [2.75, 3.05) is 12.3 Å². The van der Waals surface area contributed by atoms with Gasteiger partial charge in [-0.1, -0.05) is 6.07 Å². The van der Waals surface area contributed by atoms with E-state index in [2.05, 4.69) is 0 Å². The van der Waals surface area contributed by atoms with E-state index in [0.717, 1.165) is 28.2 Å². The van der Waals surface area contributed by atoms with E-state index in [1.54, 1.807) is 18.7 Å². The summed E-state index contributed by atoms with van der Waals surface area (Å²) in [5.74, 6) is 1.21. The maximum atomic E-state index is 12.0. The zero-order valence-corrected chi connectivity index (χ0v) is 11.4. The molecule has 0 saturated carbocycles. The molecule has 1 aliphatic rings. The minimum Gasteiger partial charge on any atom is -0.389 e. The van der Waals surface area contributed by atoms with E-state index in [1.165, 1.54) is 0 Å². The molecule has 0 fully saturated rings. The van der Waals surface area contributed by atoms with Crippen LogP contribution in [0.15, 0.2) is 23.1 Å². The predicted molar refractivity (Wildman–Crippen MR) is 74.1 cm³/mol. The Morgan fingerprint density at radius 1 is 1.50 bits per heavy atom. The summed E-state index contributed by atoms with van der Waals surface area (Å²) in [7, 11) is 0. The number of thioether (sulfide) groups is 1. The summed E-state index contributed by atoms with van der Waals surface area (Å²) in [6, 6.07) is 5.89. The van der Waals surface area contributed by atoms with Crippen LogP contribution in [0.4, 0.5) is 0 Å². The molecule has 0 spiro atoms. The first-order valence-electron chi connectivity index (χ1n) is 6.23. The van der Waals surface area contributed by atoms with Crippen LogP contribution >= 0.6 is 11.8 Å². The number of hydrogen-bond donors (Lipinski definition) is 2. The highest BCUT2D eigenvalue weighted by Gasteiger charge is 2.21. The van der Waals surface area contributed by atoms with Crippen molar-refractivity contribution in [1.82, 2.24) is 0 Å². The maximum Gasteiger partial charge on any atom is 0.164 e. The summed E-state index contributed by atoms with van der Waals surface area (Å²) in [6.07, 6.45) is 2.04. The van der Waals surface area contributed by atoms with Gasteiger partial charge in [-0.3, -0.25) is 4.79 Å². The highest BCUT2D eigenvalue weighted by atomic mass is 32.2. The zero-order valence-electron chi connectivity index (χ0n) is 10.6. The summed E-state index contributed by atoms with van der Waals surface area (Å²) < 4.78 is 0. The summed E-state index contributed by atoms with van der Waals surface area (Å²) in [5, 5.41) is 9.99. The minimum absolute atomic E-state index is 0.212. The third kappa shape index (κ3) is 3.13. The SMILES string of the molecule is CC(O)(CN)Cc1ccc2c(c1)C(=O)CCCS2. The van der Waals surface area contributed by atoms with Crippen LogP contribution in [0.25, 0.3) is 0 Å². The highest BCUT2D eigenvalue weighted by Crippen LogP contribution is 2.30. The Morgan fingerprint density at radius 3 is 3.00 bits per heavy atom. The molecule has 3 nitrogen and oxygen atoms in total. The van der Waals surface area contributed by atoms with Gasteiger partial charge in [-0.25, -0.2) is 0 Å². The van der Waals surface area contributed by atoms with Crippen molar-refractivity contribution < 1.29 is 9.90 Å². The number of carbonyl (C=O) groups is 1. The van der Waals surface area contributed by atoms with Crippen molar-refractivity contribution in [3.8, 4) is 0 Å². The van der Waals surface area contributed by atoms with Crippen molar-refractivity contribution in [1.29, 1.82) is 0 Å². The first-order chi connectivity index (χ1) is 8.52. The Bertz CT molecular complexity index is 457. The first-order valence-corrected chi connectivity index (χ1v) is 7.22. The molecule has 1 atom stereocenters. The number of rotatable bonds is 3. The van der Waals surface area contributed by atoms with Crippen molar-refractivity contribution in [2.24, 2.45) is 5.73 Å². The van der Waals surface area contributed by atoms with Gasteiger partial charge in [-0.2, -0.15) is 0 Å². The van der Waals surface area contributed by atoms with E-state index in [4.69, 9.17) is 5.73 Å². The lowest BCUT2D eigenvalue weighted by molar-refractivity contribution is 0.0695. The zero-order chi connectivity index (χ0) is 13.2. The lowest BCUT2D eigenvalue weighted by Crippen LogP contribution is -2.36. The molecule has 4 heteroatoms. The van der Waals surface area contributed by atoms with Gasteiger partial charge in [0.2, 0.25) is 0 Å². The normalized spacial score (nSPS) is 18.9. The third-order valence-corrected chi connectivity index (χ3v) is 4.33. The number of Topliss-reactive ketones (excluding diaryl/α,β-unsaturated/α-hetero) is 1. The molecule has 0 aliphatic carbocycles. The van der Waals surface area contributed by atoms with Gasteiger partial charge in [-0.05, 0) is 36.8 Å². The van der Waals surface area contributed by atoms with Crippen LogP contribution in [-0.2, 0) is 6.42 Å². The summed E-state index contributed by atoms with van der Waals surface area (Å²) in [6.45, 7) is 1.93. The number of aliphatic hydroxyl groups is 1. The van der Waals surface area contributed by atoms with Gasteiger partial charge in [-0.15, -0.1) is 11.8 Å². The minimum atomic E-state index is -0.908. The molecule has 98 valence electrons. The molecule has 0 radical (unpaired) electrons. The molecule has 2 rings (SSSR count). The number of fused-ring (bicyclic) bond motifs is 1. The van der Waals surface area contributed by atoms with Gasteiger partial charge in [0, 0.05) is 29.8 Å². The Kier molecular flexibility index (Phi) is 4.10. The molecule has 0 amide bonds. The molecule has 1 aliphatic heterocycles. The predicted octanol–water partition coefficient (Wildman–Crippen LogP) is 2.01. The Labute approximate surface area is 112 Å². The van der Waals surface area contributed by atoms with Crippen LogP contribution < -0.4 is 5.73 Å². The summed E-state index contributed by atoms with van der Waals surface area (Å²) in [4.78, 5) is 13.1. The van der Waals surface area contributed by atoms with Gasteiger partial charge in [0.15, 0.2) is 5.78 Å². The molecule has 3 N–H and O–H groups in total. The molecule has 1 unspecified atom stereocenters. The molecule has 0 bridgehead atoms. The molecule has 0 aromatic heterocycles. The Balaban J connectivity index is 2.28. The molecule has 1 aromatic carbocycles. The van der Waals surface area contributed by atoms with Crippen LogP contribution in [0.2, 0.25) is 0 Å². The van der Waals surface area contributed by atoms with E-state index in [1.807, 2.05) is 18.2 Å². The van der Waals surface area contributed by atoms with Crippen LogP contribution in [-0.4, -0.2) is 28.8 Å². The fraction of sp³-hybridized carbons (Fsp3) is 0.500. The van der Waals surface area contributed by atoms with Gasteiger partial charge in [0.25, 0.3) is 0 Å². The van der Waals surface area contributed by atoms with Gasteiger partial charge in [0.05, 0.1) is 5.60 Å². The van der Waals surface area contributed by atoms with Crippen LogP contribution in [0, 0.1) is 0 Å². The van der Waals surface area contributed by atoms with Gasteiger partial charge < -0.3 is 10.8 Å². The maximum absolute atomic E-state index is 12.0. The largest absolute Gasteiger partial charge is 0.389 e. The standard InChI is InChI=1S/C14H19NO2S/c1-14(17,9-15)8-10-4-5-13-11(7-10)12(16)3-2-6-18-13/h4-5,7,17H,2-3,6,8-9,15H2,1H3. The smallest absolute Gasteiger partial charge is 0.164 e. The number of hydrogen-bond acceptors (Lipinski definition) is 4. The van der Waals surface area contributed by atoms with Crippen LogP contribution in [0.5, 0.6) is 0 Å². The van der Waals surface area contributed by atoms with E-state index in [-0.39, 0.29) is 12.3 Å². The Hall–Kier alpha value is -0.840. The van der Waals surface area contributed by atoms with Crippen molar-refractivity contribution in [3.05, 3.63) is 29.3 Å². The highest BCUT2D eigenvalue weighted by molar-refractivity contribution is 7.99. The first kappa shape index (κ1) is 13.6. The monoisotopic (exact) mass is 265 g/mol. The number of ketones is 1. The van der Waals surface area contributed by atoms with Crippen LogP contribution in [0.1, 0.15) is 35.7 Å². The third-order valence-electron chi connectivity index (χ3n) is 3.17. The van der Waals surface area contributed by atoms with E-state index in [0.29, 0.717) is 12.8 Å². The van der Waals surface area contributed by atoms with Crippen LogP contribution in [0.3, 0.4) is 0 Å². The average molecular weight is 265 g/mol. The van der Waals surface area contributed by atoms with Crippen molar-refractivity contribution in [2.45, 2.75) is 36.7 Å². The molecular weight excluding hydrogens is 246 g/mol. The lowest BCUT2D eigenvalue weighted by Gasteiger charge is -2.21. The molecule has 1 heterocycles. The second kappa shape index (κ2) is 5.43. The molecular formula is C14H19NO2S. The van der Waals surface area contributed by atoms with E-state index < -0.39 is 5.60 Å². The van der Waals surface area contributed by atoms with Crippen molar-refractivity contribution in [3.63, 3.8) is 0 Å². The summed E-state index contributed by atoms with van der Waals surface area (Å²) in [5.41, 5.74) is 6.40. The second-order valence-corrected chi connectivity index (χ2v) is 6.22. The lowest BCUT2D eigenvalue weighted by atomic mass is 9.94. The topological polar surface area (TPSA) is 63.3 Å². The van der Waals surface area contributed by atoms with Crippen molar-refractivity contribution >= 4 is 17.5 Å². The van der Waals surface area contributed by atoms with E-state index >= 15 is 0 Å². The fourth-order valence-corrected chi connectivity index (χ4v) is 3.09. The summed E-state index contributed by atoms with van der Waals surface area (Å²) >= 11 is 1.74. The van der Waals surface area contributed by atoms with E-state index in [9.17, 15) is 9.90 Å². The average Bonchev–Trinajstić information content (AvgIpc) is 2.52. The second-order valence-electron chi connectivity index (χ2n) is 5.08. The Morgan fingerprint density at radius 2 is 2.28 bits per heavy atom. The van der Waals surface area contributed by atoms with Gasteiger partial charge >= 0.3 is 0 Å². The molecule has 0 saturated heterocycles. The quantitative estimate of drug-likeness (QED) is 0.877. The molecule has 18 heavy (non-hydrogen) atoms. The number of benzene rings is 1. The number of nitrogens with two attached hydrogens (primary N) is 1. The molecule has 1 aromatic rings.